The van der Waals surface area contributed by atoms with E-state index < -0.39 is 12.1 Å². The Hall–Kier alpha value is -1.14. The monoisotopic (exact) mass is 410 g/mol. The number of ether oxygens (including phenoxy) is 1. The molecule has 1 saturated heterocycles. The highest BCUT2D eigenvalue weighted by Crippen LogP contribution is 2.45. The molecule has 0 amide bonds. The molecule has 1 N–H and O–H groups in total. The number of hydrogen-bond acceptors (Lipinski definition) is 5. The van der Waals surface area contributed by atoms with E-state index in [1.807, 2.05) is 13.8 Å². The predicted octanol–water partition coefficient (Wildman–Crippen LogP) is 3.68. The van der Waals surface area contributed by atoms with Gasteiger partial charge in [-0.05, 0) is 68.3 Å². The van der Waals surface area contributed by atoms with E-state index in [1.165, 1.54) is 19.3 Å². The lowest BCUT2D eigenvalue weighted by molar-refractivity contribution is -0.157. The van der Waals surface area contributed by atoms with Crippen LogP contribution in [0.15, 0.2) is 4.47 Å². The minimum atomic E-state index is -1.32. The molecule has 0 radical (unpaired) electrons. The molecular weight excluding hydrogens is 384 g/mol. The highest BCUT2D eigenvalue weighted by atomic mass is 79.9. The number of aromatic nitrogens is 1. The predicted molar refractivity (Wildman–Crippen MR) is 101 cm³/mol. The van der Waals surface area contributed by atoms with Gasteiger partial charge in [0.15, 0.2) is 6.10 Å². The Bertz CT molecular complexity index is 665. The van der Waals surface area contributed by atoms with Gasteiger partial charge >= 0.3 is 5.97 Å². The average molecular weight is 411 g/mol. The van der Waals surface area contributed by atoms with E-state index >= 15 is 0 Å². The Labute approximate surface area is 157 Å². The highest BCUT2D eigenvalue weighted by molar-refractivity contribution is 9.10. The summed E-state index contributed by atoms with van der Waals surface area (Å²) in [5, 5.41) is 10.7. The molecule has 5 nitrogen and oxygen atoms in total. The number of aliphatic hydroxyl groups is 1. The van der Waals surface area contributed by atoms with Gasteiger partial charge in [-0.2, -0.15) is 0 Å². The van der Waals surface area contributed by atoms with Crippen molar-refractivity contribution in [1.29, 1.82) is 0 Å². The Morgan fingerprint density at radius 3 is 2.40 bits per heavy atom. The Morgan fingerprint density at radius 2 is 1.84 bits per heavy atom. The number of carbonyl (C=O) groups excluding carboxylic acids is 1. The summed E-state index contributed by atoms with van der Waals surface area (Å²) in [7, 11) is 0. The van der Waals surface area contributed by atoms with Gasteiger partial charge in [0.25, 0.3) is 0 Å². The zero-order chi connectivity index (χ0) is 18.3. The lowest BCUT2D eigenvalue weighted by Gasteiger charge is -2.28. The van der Waals surface area contributed by atoms with Gasteiger partial charge in [0.2, 0.25) is 0 Å². The molecule has 6 heteroatoms. The molecule has 1 saturated carbocycles. The number of aliphatic hydroxyl groups excluding tert-OH is 1. The second-order valence-corrected chi connectivity index (χ2v) is 8.40. The minimum Gasteiger partial charge on any atom is -0.461 e. The summed E-state index contributed by atoms with van der Waals surface area (Å²) in [4.78, 5) is 19.2. The van der Waals surface area contributed by atoms with Crippen molar-refractivity contribution in [2.24, 2.45) is 11.8 Å². The number of esters is 1. The average Bonchev–Trinajstić information content (AvgIpc) is 3.10. The summed E-state index contributed by atoms with van der Waals surface area (Å²) >= 11 is 3.66. The summed E-state index contributed by atoms with van der Waals surface area (Å²) in [6.45, 7) is 9.31. The van der Waals surface area contributed by atoms with E-state index in [-0.39, 0.29) is 6.10 Å². The molecule has 25 heavy (non-hydrogen) atoms. The molecule has 1 aromatic heterocycles. The van der Waals surface area contributed by atoms with Crippen molar-refractivity contribution in [3.05, 3.63) is 21.4 Å². The van der Waals surface area contributed by atoms with Crippen LogP contribution in [0, 0.1) is 25.7 Å². The number of carbonyl (C=O) groups is 1. The maximum Gasteiger partial charge on any atom is 0.340 e. The maximum atomic E-state index is 12.3. The fraction of sp³-hybridized carbons (Fsp3) is 0.684. The first-order valence-corrected chi connectivity index (χ1v) is 9.89. The van der Waals surface area contributed by atoms with Crippen molar-refractivity contribution in [1.82, 2.24) is 4.98 Å². The maximum absolute atomic E-state index is 12.3. The van der Waals surface area contributed by atoms with Crippen molar-refractivity contribution < 1.29 is 14.6 Å². The third-order valence-corrected chi connectivity index (χ3v) is 6.35. The van der Waals surface area contributed by atoms with Gasteiger partial charge < -0.3 is 14.7 Å². The Morgan fingerprint density at radius 1 is 1.24 bits per heavy atom. The van der Waals surface area contributed by atoms with Crippen molar-refractivity contribution in [2.75, 3.05) is 18.0 Å². The molecular formula is C19H27BrN2O3. The third-order valence-electron chi connectivity index (χ3n) is 5.40. The van der Waals surface area contributed by atoms with Gasteiger partial charge in [0.1, 0.15) is 0 Å². The fourth-order valence-corrected chi connectivity index (χ4v) is 4.84. The van der Waals surface area contributed by atoms with Crippen LogP contribution >= 0.6 is 15.9 Å². The lowest BCUT2D eigenvalue weighted by atomic mass is 10.0. The molecule has 0 bridgehead atoms. The molecule has 138 valence electrons. The van der Waals surface area contributed by atoms with Crippen molar-refractivity contribution in [3.8, 4) is 0 Å². The van der Waals surface area contributed by atoms with Crippen LogP contribution in [0.5, 0.6) is 0 Å². The summed E-state index contributed by atoms with van der Waals surface area (Å²) in [5.41, 5.74) is 3.04. The number of anilines is 1. The molecule has 3 unspecified atom stereocenters. The first kappa shape index (κ1) is 18.6. The van der Waals surface area contributed by atoms with Gasteiger partial charge in [-0.15, -0.1) is 0 Å². The summed E-state index contributed by atoms with van der Waals surface area (Å²) < 4.78 is 6.10. The minimum absolute atomic E-state index is 0.265. The smallest absolute Gasteiger partial charge is 0.340 e. The number of pyridine rings is 1. The van der Waals surface area contributed by atoms with Gasteiger partial charge in [-0.3, -0.25) is 4.98 Å². The van der Waals surface area contributed by atoms with Crippen LogP contribution in [-0.4, -0.2) is 35.3 Å². The zero-order valence-corrected chi connectivity index (χ0v) is 17.0. The van der Waals surface area contributed by atoms with Crippen LogP contribution < -0.4 is 4.90 Å². The fourth-order valence-electron chi connectivity index (χ4n) is 4.29. The van der Waals surface area contributed by atoms with E-state index in [0.717, 1.165) is 28.9 Å². The molecule has 0 aromatic carbocycles. The van der Waals surface area contributed by atoms with Crippen LogP contribution in [0.3, 0.4) is 0 Å². The molecule has 1 aliphatic heterocycles. The van der Waals surface area contributed by atoms with Crippen LogP contribution in [0.2, 0.25) is 0 Å². The van der Waals surface area contributed by atoms with E-state index in [9.17, 15) is 9.90 Å². The first-order chi connectivity index (χ1) is 11.8. The van der Waals surface area contributed by atoms with Crippen LogP contribution in [-0.2, 0) is 9.53 Å². The Balaban J connectivity index is 2.00. The number of rotatable bonds is 4. The second kappa shape index (κ2) is 7.23. The van der Waals surface area contributed by atoms with Gasteiger partial charge in [-0.1, -0.05) is 6.42 Å². The van der Waals surface area contributed by atoms with Crippen LogP contribution in [0.25, 0.3) is 0 Å². The van der Waals surface area contributed by atoms with Crippen molar-refractivity contribution >= 4 is 27.6 Å². The first-order valence-electron chi connectivity index (χ1n) is 9.09. The topological polar surface area (TPSA) is 62.7 Å². The molecule has 3 rings (SSSR count). The molecule has 2 heterocycles. The molecule has 1 aromatic rings. The number of nitrogens with zero attached hydrogens (tertiary/aromatic N) is 2. The van der Waals surface area contributed by atoms with Crippen molar-refractivity contribution in [3.63, 3.8) is 0 Å². The SMILES string of the molecule is Cc1nc(C)c(C(O)C(=O)OC(C)C)c(N2CC3CCCC3C2)c1Br. The van der Waals surface area contributed by atoms with E-state index in [0.29, 0.717) is 23.1 Å². The summed E-state index contributed by atoms with van der Waals surface area (Å²) in [6, 6.07) is 0. The van der Waals surface area contributed by atoms with Crippen LogP contribution in [0.1, 0.15) is 56.2 Å². The molecule has 3 atom stereocenters. The number of halogens is 1. The van der Waals surface area contributed by atoms with E-state index in [1.54, 1.807) is 13.8 Å². The Kier molecular flexibility index (Phi) is 5.40. The molecule has 1 aliphatic carbocycles. The normalized spacial score (nSPS) is 23.9. The highest BCUT2D eigenvalue weighted by Gasteiger charge is 2.39. The van der Waals surface area contributed by atoms with Gasteiger partial charge in [-0.25, -0.2) is 4.79 Å². The van der Waals surface area contributed by atoms with Gasteiger partial charge in [0, 0.05) is 24.3 Å². The quantitative estimate of drug-likeness (QED) is 0.766. The van der Waals surface area contributed by atoms with Crippen molar-refractivity contribution in [2.45, 2.75) is 59.2 Å². The summed E-state index contributed by atoms with van der Waals surface area (Å²) in [5.74, 6) is 0.817. The third kappa shape index (κ3) is 3.56. The standard InChI is InChI=1S/C19H27BrN2O3/c1-10(2)25-19(24)18(23)15-11(3)21-12(4)16(20)17(15)22-8-13-6-5-7-14(13)9-22/h10,13-14,18,23H,5-9H2,1-4H3. The number of fused-ring (bicyclic) bond motifs is 1. The molecule has 0 spiro atoms. The largest absolute Gasteiger partial charge is 0.461 e. The van der Waals surface area contributed by atoms with E-state index in [4.69, 9.17) is 4.74 Å². The zero-order valence-electron chi connectivity index (χ0n) is 15.4. The molecule has 2 fully saturated rings. The number of hydrogen-bond donors (Lipinski definition) is 1. The molecule has 2 aliphatic rings. The van der Waals surface area contributed by atoms with E-state index in [2.05, 4.69) is 25.8 Å². The number of aryl methyl sites for hydroxylation is 2. The lowest BCUT2D eigenvalue weighted by Crippen LogP contribution is -2.27. The summed E-state index contributed by atoms with van der Waals surface area (Å²) in [6.07, 6.45) is 2.28. The van der Waals surface area contributed by atoms with Gasteiger partial charge in [0.05, 0.1) is 22.0 Å². The second-order valence-electron chi connectivity index (χ2n) is 7.60. The van der Waals surface area contributed by atoms with Crippen LogP contribution in [0.4, 0.5) is 5.69 Å².